The van der Waals surface area contributed by atoms with Crippen molar-refractivity contribution in [2.75, 3.05) is 18.1 Å². The Morgan fingerprint density at radius 3 is 2.62 bits per heavy atom. The lowest BCUT2D eigenvalue weighted by molar-refractivity contribution is -0.117. The summed E-state index contributed by atoms with van der Waals surface area (Å²) in [5.74, 6) is -0.268. The predicted octanol–water partition coefficient (Wildman–Crippen LogP) is 4.15. The largest absolute Gasteiger partial charge is 0.324 e. The van der Waals surface area contributed by atoms with Crippen LogP contribution >= 0.6 is 11.8 Å². The van der Waals surface area contributed by atoms with Crippen LogP contribution in [-0.4, -0.2) is 29.6 Å². The van der Waals surface area contributed by atoms with Gasteiger partial charge in [-0.15, -0.1) is 11.8 Å². The minimum Gasteiger partial charge on any atom is -0.324 e. The average molecular weight is 344 g/mol. The van der Waals surface area contributed by atoms with Crippen molar-refractivity contribution >= 4 is 23.4 Å². The van der Waals surface area contributed by atoms with Gasteiger partial charge < -0.3 is 5.32 Å². The molecular weight excluding hydrogens is 323 g/mol. The number of amides is 1. The van der Waals surface area contributed by atoms with E-state index in [0.717, 1.165) is 23.4 Å². The van der Waals surface area contributed by atoms with Gasteiger partial charge in [0.15, 0.2) is 0 Å². The van der Waals surface area contributed by atoms with Gasteiger partial charge in [0.1, 0.15) is 5.82 Å². The molecule has 1 N–H and O–H groups in total. The van der Waals surface area contributed by atoms with Crippen LogP contribution in [-0.2, 0) is 11.3 Å². The number of rotatable bonds is 7. The van der Waals surface area contributed by atoms with Gasteiger partial charge in [0, 0.05) is 23.0 Å². The molecule has 1 fully saturated rings. The fourth-order valence-corrected chi connectivity index (χ4v) is 3.27. The summed E-state index contributed by atoms with van der Waals surface area (Å²) in [6.07, 6.45) is 4.13. The fraction of sp³-hybridized carbons (Fsp3) is 0.316. The van der Waals surface area contributed by atoms with Crippen LogP contribution in [0, 0.1) is 5.82 Å². The number of carbonyl (C=O) groups is 1. The van der Waals surface area contributed by atoms with Crippen molar-refractivity contribution in [2.45, 2.75) is 30.3 Å². The minimum atomic E-state index is -0.212. The van der Waals surface area contributed by atoms with Crippen molar-refractivity contribution in [3.05, 3.63) is 59.9 Å². The van der Waals surface area contributed by atoms with Gasteiger partial charge in [-0.1, -0.05) is 30.3 Å². The molecule has 0 spiro atoms. The number of carbonyl (C=O) groups excluding carboxylic acids is 1. The lowest BCUT2D eigenvalue weighted by Gasteiger charge is -2.22. The Bertz CT molecular complexity index is 718. The molecule has 0 radical (unpaired) electrons. The van der Waals surface area contributed by atoms with E-state index in [4.69, 9.17) is 0 Å². The molecule has 24 heavy (non-hydrogen) atoms. The highest BCUT2D eigenvalue weighted by atomic mass is 32.2. The van der Waals surface area contributed by atoms with Crippen molar-refractivity contribution in [1.29, 1.82) is 0 Å². The monoisotopic (exact) mass is 344 g/mol. The molecule has 0 unspecified atom stereocenters. The van der Waals surface area contributed by atoms with E-state index in [1.807, 2.05) is 36.6 Å². The molecule has 1 aliphatic rings. The van der Waals surface area contributed by atoms with Crippen molar-refractivity contribution in [3.8, 4) is 0 Å². The summed E-state index contributed by atoms with van der Waals surface area (Å²) < 4.78 is 13.9. The maximum absolute atomic E-state index is 13.9. The van der Waals surface area contributed by atoms with Gasteiger partial charge in [0.25, 0.3) is 0 Å². The predicted molar refractivity (Wildman–Crippen MR) is 96.7 cm³/mol. The van der Waals surface area contributed by atoms with E-state index in [1.54, 1.807) is 23.9 Å². The Kier molecular flexibility index (Phi) is 5.53. The smallest absolute Gasteiger partial charge is 0.238 e. The Labute approximate surface area is 146 Å². The molecule has 1 saturated carbocycles. The Balaban J connectivity index is 1.65. The Morgan fingerprint density at radius 1 is 1.21 bits per heavy atom. The molecular formula is C19H21FN2OS. The molecule has 0 heterocycles. The second-order valence-corrected chi connectivity index (χ2v) is 6.82. The zero-order chi connectivity index (χ0) is 16.9. The lowest BCUT2D eigenvalue weighted by atomic mass is 10.2. The molecule has 0 saturated heterocycles. The highest BCUT2D eigenvalue weighted by Crippen LogP contribution is 2.29. The van der Waals surface area contributed by atoms with E-state index in [2.05, 4.69) is 10.2 Å². The molecule has 0 atom stereocenters. The van der Waals surface area contributed by atoms with Crippen LogP contribution in [0.1, 0.15) is 18.4 Å². The first-order chi connectivity index (χ1) is 11.7. The molecule has 3 rings (SSSR count). The molecule has 1 aliphatic carbocycles. The van der Waals surface area contributed by atoms with Crippen molar-refractivity contribution in [1.82, 2.24) is 4.90 Å². The number of hydrogen-bond acceptors (Lipinski definition) is 3. The van der Waals surface area contributed by atoms with E-state index in [0.29, 0.717) is 18.2 Å². The number of benzene rings is 2. The van der Waals surface area contributed by atoms with E-state index in [-0.39, 0.29) is 18.3 Å². The molecule has 3 nitrogen and oxygen atoms in total. The molecule has 2 aromatic rings. The normalized spacial score (nSPS) is 14.0. The van der Waals surface area contributed by atoms with Crippen molar-refractivity contribution in [2.24, 2.45) is 0 Å². The van der Waals surface area contributed by atoms with E-state index in [9.17, 15) is 9.18 Å². The number of halogens is 1. The molecule has 0 aromatic heterocycles. The third-order valence-electron chi connectivity index (χ3n) is 4.12. The molecule has 0 aliphatic heterocycles. The summed E-state index contributed by atoms with van der Waals surface area (Å²) in [5.41, 5.74) is 1.47. The SMILES string of the molecule is CSc1ccccc1NC(=O)CN(Cc1ccccc1F)C1CC1. The highest BCUT2D eigenvalue weighted by Gasteiger charge is 2.30. The van der Waals surface area contributed by atoms with E-state index < -0.39 is 0 Å². The van der Waals surface area contributed by atoms with Gasteiger partial charge in [-0.3, -0.25) is 9.69 Å². The van der Waals surface area contributed by atoms with Gasteiger partial charge in [0.2, 0.25) is 5.91 Å². The van der Waals surface area contributed by atoms with Crippen LogP contribution in [0.15, 0.2) is 53.4 Å². The summed E-state index contributed by atoms with van der Waals surface area (Å²) >= 11 is 1.60. The van der Waals surface area contributed by atoms with Crippen LogP contribution < -0.4 is 5.32 Å². The first-order valence-electron chi connectivity index (χ1n) is 8.07. The average Bonchev–Trinajstić information content (AvgIpc) is 3.41. The van der Waals surface area contributed by atoms with Crippen LogP contribution in [0.2, 0.25) is 0 Å². The van der Waals surface area contributed by atoms with Gasteiger partial charge in [0.05, 0.1) is 12.2 Å². The van der Waals surface area contributed by atoms with Gasteiger partial charge in [-0.05, 0) is 37.3 Å². The number of para-hydroxylation sites is 1. The van der Waals surface area contributed by atoms with E-state index in [1.165, 1.54) is 6.07 Å². The zero-order valence-corrected chi connectivity index (χ0v) is 14.5. The third kappa shape index (κ3) is 4.36. The summed E-state index contributed by atoms with van der Waals surface area (Å²) in [4.78, 5) is 15.5. The molecule has 126 valence electrons. The summed E-state index contributed by atoms with van der Waals surface area (Å²) in [5, 5.41) is 2.98. The number of nitrogens with one attached hydrogen (secondary N) is 1. The summed E-state index contributed by atoms with van der Waals surface area (Å²) in [6.45, 7) is 0.747. The molecule has 0 bridgehead atoms. The van der Waals surface area contributed by atoms with Crippen LogP contribution in [0.25, 0.3) is 0 Å². The van der Waals surface area contributed by atoms with Crippen molar-refractivity contribution < 1.29 is 9.18 Å². The van der Waals surface area contributed by atoms with Crippen LogP contribution in [0.5, 0.6) is 0 Å². The molecule has 5 heteroatoms. The highest BCUT2D eigenvalue weighted by molar-refractivity contribution is 7.98. The zero-order valence-electron chi connectivity index (χ0n) is 13.7. The lowest BCUT2D eigenvalue weighted by Crippen LogP contribution is -2.34. The number of hydrogen-bond donors (Lipinski definition) is 1. The number of anilines is 1. The van der Waals surface area contributed by atoms with Gasteiger partial charge >= 0.3 is 0 Å². The second kappa shape index (κ2) is 7.81. The first-order valence-corrected chi connectivity index (χ1v) is 9.30. The number of nitrogens with zero attached hydrogens (tertiary/aromatic N) is 1. The van der Waals surface area contributed by atoms with Crippen LogP contribution in [0.3, 0.4) is 0 Å². The van der Waals surface area contributed by atoms with Crippen molar-refractivity contribution in [3.63, 3.8) is 0 Å². The van der Waals surface area contributed by atoms with Crippen LogP contribution in [0.4, 0.5) is 10.1 Å². The van der Waals surface area contributed by atoms with Gasteiger partial charge in [-0.25, -0.2) is 4.39 Å². The summed E-state index contributed by atoms with van der Waals surface area (Å²) in [6, 6.07) is 14.9. The number of thioether (sulfide) groups is 1. The minimum absolute atomic E-state index is 0.0558. The fourth-order valence-electron chi connectivity index (χ4n) is 2.72. The quantitative estimate of drug-likeness (QED) is 0.766. The summed E-state index contributed by atoms with van der Waals surface area (Å²) in [7, 11) is 0. The Hall–Kier alpha value is -1.85. The maximum atomic E-state index is 13.9. The molecule has 1 amide bonds. The standard InChI is InChI=1S/C19H21FN2OS/c1-24-18-9-5-4-8-17(18)21-19(23)13-22(15-10-11-15)12-14-6-2-3-7-16(14)20/h2-9,15H,10-13H2,1H3,(H,21,23). The molecule has 2 aromatic carbocycles. The van der Waals surface area contributed by atoms with Gasteiger partial charge in [-0.2, -0.15) is 0 Å². The van der Waals surface area contributed by atoms with E-state index >= 15 is 0 Å². The topological polar surface area (TPSA) is 32.3 Å². The maximum Gasteiger partial charge on any atom is 0.238 e. The second-order valence-electron chi connectivity index (χ2n) is 5.98. The Morgan fingerprint density at radius 2 is 1.92 bits per heavy atom. The first kappa shape index (κ1) is 17.0. The third-order valence-corrected chi connectivity index (χ3v) is 4.92.